The van der Waals surface area contributed by atoms with E-state index >= 15 is 0 Å². The number of rotatable bonds is 12. The van der Waals surface area contributed by atoms with Gasteiger partial charge in [0.15, 0.2) is 0 Å². The van der Waals surface area contributed by atoms with Gasteiger partial charge in [0.2, 0.25) is 0 Å². The molecule has 0 saturated carbocycles. The Labute approximate surface area is 305 Å². The van der Waals surface area contributed by atoms with E-state index in [9.17, 15) is 19.2 Å². The number of aromatic nitrogens is 1. The maximum Gasteiger partial charge on any atom is 0.320 e. The lowest BCUT2D eigenvalue weighted by Crippen LogP contribution is -2.32. The van der Waals surface area contributed by atoms with E-state index in [1.54, 1.807) is 24.3 Å². The topological polar surface area (TPSA) is 310 Å². The number of para-hydroxylation sites is 1. The van der Waals surface area contributed by atoms with E-state index < -0.39 is 48.0 Å². The third kappa shape index (κ3) is 16.1. The summed E-state index contributed by atoms with van der Waals surface area (Å²) < 4.78 is 0. The summed E-state index contributed by atoms with van der Waals surface area (Å²) in [5.74, 6) is -3.65. The standard InChI is InChI=1S/C11H12N2O2.2C9H11NO3.C9H11NO2/c12-9(11(14)15)5-7-6-13-10-4-2-1-3-8(7)10;2*10-8(9(12)13)5-6-1-3-7(11)4-2-6;10-8(9(11)12)6-7-4-2-1-3-5-7/h1-4,6,9,13H,5,12H2,(H,14,15);2*1-4,8,11H,5,10H2,(H,12,13);1-5,8H,6,10H2,(H,11,12). The van der Waals surface area contributed by atoms with Crippen LogP contribution < -0.4 is 22.9 Å². The number of aliphatic carboxylic acids is 4. The molecule has 1 heterocycles. The number of hydrogen-bond acceptors (Lipinski definition) is 10. The Bertz CT molecular complexity index is 1820. The zero-order valence-electron chi connectivity index (χ0n) is 28.7. The van der Waals surface area contributed by atoms with E-state index in [2.05, 4.69) is 4.98 Å². The molecule has 4 unspecified atom stereocenters. The second kappa shape index (κ2) is 21.8. The van der Waals surface area contributed by atoms with Crippen LogP contribution in [0.1, 0.15) is 22.3 Å². The van der Waals surface area contributed by atoms with Crippen LogP contribution in [0.4, 0.5) is 0 Å². The molecule has 282 valence electrons. The summed E-state index contributed by atoms with van der Waals surface area (Å²) >= 11 is 0. The first kappa shape index (κ1) is 42.9. The molecular weight excluding hydrogens is 686 g/mol. The fourth-order valence-corrected chi connectivity index (χ4v) is 4.53. The summed E-state index contributed by atoms with van der Waals surface area (Å²) in [5.41, 5.74) is 26.0. The van der Waals surface area contributed by atoms with E-state index in [4.69, 9.17) is 53.6 Å². The van der Waals surface area contributed by atoms with Crippen LogP contribution in [0.2, 0.25) is 0 Å². The minimum atomic E-state index is -1.02. The number of nitrogens with two attached hydrogens (primary N) is 4. The van der Waals surface area contributed by atoms with E-state index in [-0.39, 0.29) is 24.3 Å². The van der Waals surface area contributed by atoms with Gasteiger partial charge in [-0.15, -0.1) is 0 Å². The summed E-state index contributed by atoms with van der Waals surface area (Å²) in [5, 5.41) is 53.2. The number of H-pyrrole nitrogens is 1. The maximum absolute atomic E-state index is 10.6. The smallest absolute Gasteiger partial charge is 0.320 e. The van der Waals surface area contributed by atoms with Gasteiger partial charge >= 0.3 is 23.9 Å². The fourth-order valence-electron chi connectivity index (χ4n) is 4.53. The SMILES string of the molecule is NC(Cc1c[nH]c2ccccc12)C(=O)O.NC(Cc1ccc(O)cc1)C(=O)O.NC(Cc1ccc(O)cc1)C(=O)O.NC(Cc1ccccc1)C(=O)O. The molecule has 0 aliphatic heterocycles. The normalized spacial score (nSPS) is 12.5. The Morgan fingerprint density at radius 2 is 0.811 bits per heavy atom. The van der Waals surface area contributed by atoms with Crippen molar-refractivity contribution in [1.29, 1.82) is 0 Å². The lowest BCUT2D eigenvalue weighted by Gasteiger charge is -2.05. The van der Waals surface area contributed by atoms with Crippen molar-refractivity contribution < 1.29 is 49.8 Å². The zero-order chi connectivity index (χ0) is 39.5. The number of aromatic amines is 1. The minimum absolute atomic E-state index is 0.160. The Hall–Kier alpha value is -6.26. The summed E-state index contributed by atoms with van der Waals surface area (Å²) in [4.78, 5) is 44.9. The monoisotopic (exact) mass is 731 g/mol. The second-order valence-electron chi connectivity index (χ2n) is 11.8. The highest BCUT2D eigenvalue weighted by molar-refractivity contribution is 5.84. The highest BCUT2D eigenvalue weighted by atomic mass is 16.4. The molecule has 15 heteroatoms. The molecule has 0 fully saturated rings. The summed E-state index contributed by atoms with van der Waals surface area (Å²) in [7, 11) is 0. The van der Waals surface area contributed by atoms with Crippen molar-refractivity contribution in [1.82, 2.24) is 4.98 Å². The van der Waals surface area contributed by atoms with Crippen LogP contribution in [-0.2, 0) is 44.9 Å². The number of aromatic hydroxyl groups is 2. The van der Waals surface area contributed by atoms with Crippen molar-refractivity contribution in [3.8, 4) is 11.5 Å². The average molecular weight is 732 g/mol. The number of hydrogen-bond donors (Lipinski definition) is 11. The molecule has 0 radical (unpaired) electrons. The molecule has 0 spiro atoms. The van der Waals surface area contributed by atoms with Crippen molar-refractivity contribution >= 4 is 34.8 Å². The number of carboxylic acid groups (broad SMARTS) is 4. The van der Waals surface area contributed by atoms with Gasteiger partial charge in [0.05, 0.1) is 0 Å². The third-order valence-corrected chi connectivity index (χ3v) is 7.47. The molecule has 0 amide bonds. The Balaban J connectivity index is 0.000000245. The van der Waals surface area contributed by atoms with Crippen molar-refractivity contribution in [3.63, 3.8) is 0 Å². The zero-order valence-corrected chi connectivity index (χ0v) is 28.7. The van der Waals surface area contributed by atoms with Gasteiger partial charge in [0.25, 0.3) is 0 Å². The van der Waals surface area contributed by atoms with Crippen LogP contribution in [0.15, 0.2) is 109 Å². The van der Waals surface area contributed by atoms with E-state index in [0.29, 0.717) is 12.8 Å². The number of nitrogens with one attached hydrogen (secondary N) is 1. The number of fused-ring (bicyclic) bond motifs is 1. The quantitative estimate of drug-likeness (QED) is 0.0878. The molecule has 15 nitrogen and oxygen atoms in total. The molecule has 5 rings (SSSR count). The lowest BCUT2D eigenvalue weighted by atomic mass is 10.1. The Kier molecular flexibility index (Phi) is 17.7. The van der Waals surface area contributed by atoms with Crippen molar-refractivity contribution in [3.05, 3.63) is 132 Å². The van der Waals surface area contributed by atoms with Gasteiger partial charge in [-0.3, -0.25) is 19.2 Å². The Morgan fingerprint density at radius 1 is 0.472 bits per heavy atom. The average Bonchev–Trinajstić information content (AvgIpc) is 3.53. The maximum atomic E-state index is 10.6. The largest absolute Gasteiger partial charge is 0.508 e. The minimum Gasteiger partial charge on any atom is -0.508 e. The first-order chi connectivity index (χ1) is 25.1. The Morgan fingerprint density at radius 3 is 1.21 bits per heavy atom. The van der Waals surface area contributed by atoms with Crippen molar-refractivity contribution in [2.24, 2.45) is 22.9 Å². The van der Waals surface area contributed by atoms with Crippen LogP contribution >= 0.6 is 0 Å². The molecule has 0 bridgehead atoms. The number of carbonyl (C=O) groups is 4. The van der Waals surface area contributed by atoms with Crippen LogP contribution in [0.25, 0.3) is 10.9 Å². The van der Waals surface area contributed by atoms with E-state index in [1.165, 1.54) is 24.3 Å². The van der Waals surface area contributed by atoms with Crippen LogP contribution in [0.3, 0.4) is 0 Å². The van der Waals surface area contributed by atoms with Gasteiger partial charge in [-0.2, -0.15) is 0 Å². The molecule has 15 N–H and O–H groups in total. The van der Waals surface area contributed by atoms with Crippen LogP contribution in [-0.4, -0.2) is 83.7 Å². The highest BCUT2D eigenvalue weighted by Crippen LogP contribution is 2.18. The lowest BCUT2D eigenvalue weighted by molar-refractivity contribution is -0.139. The summed E-state index contributed by atoms with van der Waals surface area (Å²) in [6.07, 6.45) is 3.09. The first-order valence-corrected chi connectivity index (χ1v) is 16.2. The molecule has 5 aromatic rings. The van der Waals surface area contributed by atoms with Crippen LogP contribution in [0.5, 0.6) is 11.5 Å². The molecule has 0 aliphatic carbocycles. The van der Waals surface area contributed by atoms with Gasteiger partial charge in [-0.25, -0.2) is 0 Å². The third-order valence-electron chi connectivity index (χ3n) is 7.47. The first-order valence-electron chi connectivity index (χ1n) is 16.2. The highest BCUT2D eigenvalue weighted by Gasteiger charge is 2.15. The molecule has 0 aliphatic rings. The van der Waals surface area contributed by atoms with Gasteiger partial charge in [0, 0.05) is 23.5 Å². The molecule has 53 heavy (non-hydrogen) atoms. The van der Waals surface area contributed by atoms with Crippen molar-refractivity contribution in [2.45, 2.75) is 49.9 Å². The number of benzene rings is 4. The number of carboxylic acids is 4. The molecular formula is C38H45N5O10. The number of phenols is 2. The molecule has 4 aromatic carbocycles. The number of phenolic OH excluding ortho intramolecular Hbond substituents is 2. The van der Waals surface area contributed by atoms with Gasteiger partial charge in [0.1, 0.15) is 35.7 Å². The van der Waals surface area contributed by atoms with Gasteiger partial charge in [-0.05, 0) is 71.8 Å². The molecule has 4 atom stereocenters. The van der Waals surface area contributed by atoms with Crippen LogP contribution in [0, 0.1) is 0 Å². The predicted octanol–water partition coefficient (Wildman–Crippen LogP) is 2.46. The van der Waals surface area contributed by atoms with E-state index in [1.807, 2.05) is 60.8 Å². The molecule has 1 aromatic heterocycles. The van der Waals surface area contributed by atoms with E-state index in [0.717, 1.165) is 33.2 Å². The van der Waals surface area contributed by atoms with Gasteiger partial charge < -0.3 is 58.6 Å². The van der Waals surface area contributed by atoms with Gasteiger partial charge in [-0.1, -0.05) is 72.8 Å². The molecule has 0 saturated heterocycles. The fraction of sp³-hybridized carbons (Fsp3) is 0.211. The second-order valence-corrected chi connectivity index (χ2v) is 11.8. The predicted molar refractivity (Wildman–Crippen MR) is 198 cm³/mol. The summed E-state index contributed by atoms with van der Waals surface area (Å²) in [6, 6.07) is 26.3. The summed E-state index contributed by atoms with van der Waals surface area (Å²) in [6.45, 7) is 0. The van der Waals surface area contributed by atoms with Crippen molar-refractivity contribution in [2.75, 3.05) is 0 Å².